The smallest absolute Gasteiger partial charge is 0.295 e. The fourth-order valence-electron chi connectivity index (χ4n) is 2.28. The van der Waals surface area contributed by atoms with Crippen LogP contribution in [0.15, 0.2) is 23.3 Å². The van der Waals surface area contributed by atoms with Crippen LogP contribution in [0.2, 0.25) is 0 Å². The molecule has 2 rings (SSSR count). The molecule has 0 aromatic heterocycles. The number of hydrogen-bond acceptors (Lipinski definition) is 4. The van der Waals surface area contributed by atoms with Gasteiger partial charge in [-0.15, -0.1) is 0 Å². The number of carbonyl (C=O) groups excluding carboxylic acids is 1. The monoisotopic (exact) mass is 292 g/mol. The average molecular weight is 292 g/mol. The van der Waals surface area contributed by atoms with Gasteiger partial charge in [-0.1, -0.05) is 12.1 Å². The molecule has 0 radical (unpaired) electrons. The van der Waals surface area contributed by atoms with Crippen molar-refractivity contribution < 1.29 is 19.1 Å². The topological polar surface area (TPSA) is 70.9 Å². The number of carbonyl (C=O) groups is 1. The van der Waals surface area contributed by atoms with Crippen LogP contribution in [0.1, 0.15) is 11.1 Å². The predicted octanol–water partition coefficient (Wildman–Crippen LogP) is 0.628. The second-order valence-corrected chi connectivity index (χ2v) is 5.64. The molecule has 0 aliphatic carbocycles. The summed E-state index contributed by atoms with van der Waals surface area (Å²) in [6.45, 7) is 5.22. The molecule has 0 unspecified atom stereocenters. The zero-order valence-electron chi connectivity index (χ0n) is 12.5. The lowest BCUT2D eigenvalue weighted by Crippen LogP contribution is -2.55. The van der Waals surface area contributed by atoms with Crippen LogP contribution >= 0.6 is 0 Å². The zero-order valence-corrected chi connectivity index (χ0v) is 12.5. The van der Waals surface area contributed by atoms with Gasteiger partial charge in [0.2, 0.25) is 0 Å². The molecule has 2 N–H and O–H groups in total. The molecule has 114 valence electrons. The number of para-hydroxylation sites is 1. The van der Waals surface area contributed by atoms with E-state index < -0.39 is 0 Å². The van der Waals surface area contributed by atoms with E-state index in [9.17, 15) is 9.90 Å². The van der Waals surface area contributed by atoms with Crippen molar-refractivity contribution in [2.24, 2.45) is 5.10 Å². The molecule has 0 saturated carbocycles. The number of aryl methyl sites for hydroxylation is 1. The standard InChI is InChI=1S/C15H21N3O3/c1-12-4-3-5-13(15(12)20)10-16-17-14(19)11-18(2)6-8-21-9-7-18/h3-5,10H,6-9,11H2,1-2H3,(H-,16,17,19,20)/p+1. The number of phenols is 1. The van der Waals surface area contributed by atoms with E-state index >= 15 is 0 Å². The molecule has 6 nitrogen and oxygen atoms in total. The minimum Gasteiger partial charge on any atom is -0.507 e. The molecule has 1 saturated heterocycles. The van der Waals surface area contributed by atoms with Crippen molar-refractivity contribution in [1.82, 2.24) is 5.43 Å². The Morgan fingerprint density at radius 3 is 2.90 bits per heavy atom. The Kier molecular flexibility index (Phi) is 4.93. The normalized spacial score (nSPS) is 17.8. The molecule has 6 heteroatoms. The molecule has 1 aromatic carbocycles. The average Bonchev–Trinajstić information content (AvgIpc) is 2.44. The van der Waals surface area contributed by atoms with Gasteiger partial charge in [0.15, 0.2) is 6.54 Å². The highest BCUT2D eigenvalue weighted by Gasteiger charge is 2.27. The highest BCUT2D eigenvalue weighted by atomic mass is 16.5. The summed E-state index contributed by atoms with van der Waals surface area (Å²) in [5, 5.41) is 13.8. The largest absolute Gasteiger partial charge is 0.507 e. The van der Waals surface area contributed by atoms with E-state index in [-0.39, 0.29) is 11.7 Å². The van der Waals surface area contributed by atoms with Gasteiger partial charge in [-0.25, -0.2) is 5.43 Å². The number of phenolic OH excluding ortho intramolecular Hbond substituents is 1. The van der Waals surface area contributed by atoms with Crippen LogP contribution in [0.4, 0.5) is 0 Å². The molecule has 0 spiro atoms. The summed E-state index contributed by atoms with van der Waals surface area (Å²) in [6, 6.07) is 5.39. The van der Waals surface area contributed by atoms with Crippen molar-refractivity contribution in [3.05, 3.63) is 29.3 Å². The van der Waals surface area contributed by atoms with Crippen LogP contribution in [0, 0.1) is 6.92 Å². The van der Waals surface area contributed by atoms with Crippen molar-refractivity contribution in [3.63, 3.8) is 0 Å². The highest BCUT2D eigenvalue weighted by Crippen LogP contribution is 2.19. The second-order valence-electron chi connectivity index (χ2n) is 5.64. The minimum atomic E-state index is -0.136. The number of rotatable bonds is 4. The molecule has 1 amide bonds. The number of hydrazone groups is 1. The van der Waals surface area contributed by atoms with E-state index in [1.54, 1.807) is 6.07 Å². The Labute approximate surface area is 124 Å². The summed E-state index contributed by atoms with van der Waals surface area (Å²) in [5.74, 6) is 0.0467. The number of quaternary nitrogens is 1. The van der Waals surface area contributed by atoms with Gasteiger partial charge in [-0.2, -0.15) is 5.10 Å². The van der Waals surface area contributed by atoms with E-state index in [1.165, 1.54) is 6.21 Å². The summed E-state index contributed by atoms with van der Waals surface area (Å²) >= 11 is 0. The Morgan fingerprint density at radius 2 is 2.19 bits per heavy atom. The lowest BCUT2D eigenvalue weighted by atomic mass is 10.1. The first-order valence-corrected chi connectivity index (χ1v) is 7.02. The number of ether oxygens (including phenoxy) is 1. The lowest BCUT2D eigenvalue weighted by molar-refractivity contribution is -0.909. The van der Waals surface area contributed by atoms with Crippen LogP contribution in [0.25, 0.3) is 0 Å². The molecule has 1 aliphatic rings. The number of amides is 1. The fraction of sp³-hybridized carbons (Fsp3) is 0.467. The Morgan fingerprint density at radius 1 is 1.48 bits per heavy atom. The van der Waals surface area contributed by atoms with Crippen LogP contribution in [0.5, 0.6) is 5.75 Å². The van der Waals surface area contributed by atoms with Gasteiger partial charge < -0.3 is 14.3 Å². The van der Waals surface area contributed by atoms with E-state index in [0.717, 1.165) is 18.7 Å². The van der Waals surface area contributed by atoms with Crippen LogP contribution in [-0.2, 0) is 9.53 Å². The molecule has 1 aliphatic heterocycles. The van der Waals surface area contributed by atoms with Crippen LogP contribution < -0.4 is 5.43 Å². The maximum absolute atomic E-state index is 11.9. The number of aromatic hydroxyl groups is 1. The number of hydrogen-bond donors (Lipinski definition) is 2. The Hall–Kier alpha value is -1.92. The summed E-state index contributed by atoms with van der Waals surface area (Å²) < 4.78 is 5.97. The number of benzene rings is 1. The number of likely N-dealkylation sites (N-methyl/N-ethyl adjacent to an activating group) is 1. The summed E-state index contributed by atoms with van der Waals surface area (Å²) in [5.41, 5.74) is 3.87. The zero-order chi connectivity index (χ0) is 15.3. The molecular formula is C15H22N3O3+. The van der Waals surface area contributed by atoms with E-state index in [2.05, 4.69) is 10.5 Å². The summed E-state index contributed by atoms with van der Waals surface area (Å²) in [6.07, 6.45) is 1.46. The number of nitrogens with zero attached hydrogens (tertiary/aromatic N) is 2. The highest BCUT2D eigenvalue weighted by molar-refractivity contribution is 5.85. The third-order valence-electron chi connectivity index (χ3n) is 3.74. The van der Waals surface area contributed by atoms with Crippen LogP contribution in [0.3, 0.4) is 0 Å². The van der Waals surface area contributed by atoms with Crippen molar-refractivity contribution in [2.45, 2.75) is 6.92 Å². The first-order valence-electron chi connectivity index (χ1n) is 7.02. The van der Waals surface area contributed by atoms with Gasteiger partial charge in [0.05, 0.1) is 26.5 Å². The maximum Gasteiger partial charge on any atom is 0.295 e. The first kappa shape index (κ1) is 15.5. The third kappa shape index (κ3) is 4.27. The van der Waals surface area contributed by atoms with Crippen LogP contribution in [-0.4, -0.2) is 61.6 Å². The molecule has 1 fully saturated rings. The van der Waals surface area contributed by atoms with E-state index in [1.807, 2.05) is 26.1 Å². The second kappa shape index (κ2) is 6.69. The number of morpholine rings is 1. The quantitative estimate of drug-likeness (QED) is 0.486. The first-order chi connectivity index (χ1) is 10.0. The maximum atomic E-state index is 11.9. The molecule has 0 bridgehead atoms. The van der Waals surface area contributed by atoms with Crippen molar-refractivity contribution in [1.29, 1.82) is 0 Å². The van der Waals surface area contributed by atoms with Crippen molar-refractivity contribution >= 4 is 12.1 Å². The third-order valence-corrected chi connectivity index (χ3v) is 3.74. The molecule has 1 heterocycles. The van der Waals surface area contributed by atoms with Gasteiger partial charge in [0.25, 0.3) is 5.91 Å². The van der Waals surface area contributed by atoms with Crippen molar-refractivity contribution in [2.75, 3.05) is 39.9 Å². The summed E-state index contributed by atoms with van der Waals surface area (Å²) in [4.78, 5) is 11.9. The van der Waals surface area contributed by atoms with E-state index in [0.29, 0.717) is 29.8 Å². The molecular weight excluding hydrogens is 270 g/mol. The van der Waals surface area contributed by atoms with Gasteiger partial charge in [-0.05, 0) is 18.6 Å². The Balaban J connectivity index is 1.88. The predicted molar refractivity (Wildman–Crippen MR) is 80.2 cm³/mol. The SMILES string of the molecule is Cc1cccc(C=NNC(=O)C[N+]2(C)CCOCC2)c1O. The van der Waals surface area contributed by atoms with Gasteiger partial charge in [0.1, 0.15) is 18.8 Å². The summed E-state index contributed by atoms with van der Waals surface area (Å²) in [7, 11) is 2.04. The molecule has 21 heavy (non-hydrogen) atoms. The molecule has 0 atom stereocenters. The van der Waals surface area contributed by atoms with Gasteiger partial charge in [-0.3, -0.25) is 4.79 Å². The van der Waals surface area contributed by atoms with Gasteiger partial charge >= 0.3 is 0 Å². The lowest BCUT2D eigenvalue weighted by Gasteiger charge is -2.36. The molecule has 1 aromatic rings. The Bertz CT molecular complexity index is 537. The number of nitrogens with one attached hydrogen (secondary N) is 1. The van der Waals surface area contributed by atoms with Gasteiger partial charge in [0, 0.05) is 5.56 Å². The fourth-order valence-corrected chi connectivity index (χ4v) is 2.28. The van der Waals surface area contributed by atoms with E-state index in [4.69, 9.17) is 4.74 Å². The van der Waals surface area contributed by atoms with Crippen molar-refractivity contribution in [3.8, 4) is 5.75 Å². The minimum absolute atomic E-state index is 0.136.